The van der Waals surface area contributed by atoms with Crippen LogP contribution in [0, 0.1) is 5.92 Å². The number of carbonyl (C=O) groups excluding carboxylic acids is 2. The highest BCUT2D eigenvalue weighted by atomic mass is 32.1. The number of thiazole rings is 1. The molecule has 1 fully saturated rings. The summed E-state index contributed by atoms with van der Waals surface area (Å²) in [6.07, 6.45) is 1.56. The van der Waals surface area contributed by atoms with Crippen LogP contribution < -0.4 is 10.5 Å². The van der Waals surface area contributed by atoms with E-state index in [-0.39, 0.29) is 24.2 Å². The van der Waals surface area contributed by atoms with Gasteiger partial charge >= 0.3 is 0 Å². The Morgan fingerprint density at radius 3 is 2.72 bits per heavy atom. The Bertz CT molecular complexity index is 766. The number of hydrogen-bond acceptors (Lipinski definition) is 5. The molecule has 0 saturated carbocycles. The first-order chi connectivity index (χ1) is 12.1. The van der Waals surface area contributed by atoms with Gasteiger partial charge in [-0.05, 0) is 25.0 Å². The summed E-state index contributed by atoms with van der Waals surface area (Å²) < 4.78 is 5.37. The van der Waals surface area contributed by atoms with Crippen molar-refractivity contribution in [2.45, 2.75) is 19.3 Å². The quantitative estimate of drug-likeness (QED) is 0.886. The average Bonchev–Trinajstić information content (AvgIpc) is 3.10. The van der Waals surface area contributed by atoms with Crippen LogP contribution in [0.1, 0.15) is 18.5 Å². The van der Waals surface area contributed by atoms with Gasteiger partial charge in [0.1, 0.15) is 10.8 Å². The molecule has 0 atom stereocenters. The van der Waals surface area contributed by atoms with E-state index in [0.29, 0.717) is 25.9 Å². The van der Waals surface area contributed by atoms with Crippen LogP contribution in [0.5, 0.6) is 5.75 Å². The molecule has 25 heavy (non-hydrogen) atoms. The molecule has 1 saturated heterocycles. The second-order valence-corrected chi connectivity index (χ2v) is 6.94. The molecule has 0 unspecified atom stereocenters. The number of methoxy groups -OCH3 is 1. The lowest BCUT2D eigenvalue weighted by Crippen LogP contribution is -2.42. The monoisotopic (exact) mass is 359 g/mol. The molecule has 2 amide bonds. The molecule has 1 aliphatic rings. The van der Waals surface area contributed by atoms with Crippen molar-refractivity contribution in [1.29, 1.82) is 0 Å². The van der Waals surface area contributed by atoms with Gasteiger partial charge in [-0.25, -0.2) is 4.98 Å². The summed E-state index contributed by atoms with van der Waals surface area (Å²) in [5.74, 6) is 0.427. The molecule has 0 radical (unpaired) electrons. The number of benzene rings is 1. The van der Waals surface area contributed by atoms with Gasteiger partial charge < -0.3 is 15.4 Å². The van der Waals surface area contributed by atoms with Crippen molar-refractivity contribution in [1.82, 2.24) is 9.88 Å². The Morgan fingerprint density at radius 1 is 1.32 bits per heavy atom. The molecule has 132 valence electrons. The smallest absolute Gasteiger partial charge is 0.228 e. The number of rotatable bonds is 5. The third-order valence-corrected chi connectivity index (χ3v) is 5.40. The topological polar surface area (TPSA) is 85.5 Å². The number of carbonyl (C=O) groups is 2. The number of nitrogens with zero attached hydrogens (tertiary/aromatic N) is 2. The predicted octanol–water partition coefficient (Wildman–Crippen LogP) is 2.09. The molecule has 7 heteroatoms. The third kappa shape index (κ3) is 3.99. The van der Waals surface area contributed by atoms with E-state index in [1.165, 1.54) is 11.3 Å². The van der Waals surface area contributed by atoms with Crippen LogP contribution in [-0.2, 0) is 16.0 Å². The summed E-state index contributed by atoms with van der Waals surface area (Å²) in [7, 11) is 1.63. The van der Waals surface area contributed by atoms with Crippen LogP contribution in [0.25, 0.3) is 10.6 Å². The highest BCUT2D eigenvalue weighted by Gasteiger charge is 2.26. The number of hydrogen-bond donors (Lipinski definition) is 1. The summed E-state index contributed by atoms with van der Waals surface area (Å²) in [5, 5.41) is 2.75. The summed E-state index contributed by atoms with van der Waals surface area (Å²) in [4.78, 5) is 30.1. The van der Waals surface area contributed by atoms with Gasteiger partial charge in [0.15, 0.2) is 0 Å². The standard InChI is InChI=1S/C18H21N3O3S/c1-24-15-5-3-2-4-14(15)18-20-13(11-25-18)10-16(22)21-8-6-12(7-9-21)17(19)23/h2-5,11-12H,6-10H2,1H3,(H2,19,23). The number of amides is 2. The van der Waals surface area contributed by atoms with Crippen molar-refractivity contribution in [3.63, 3.8) is 0 Å². The number of nitrogens with two attached hydrogens (primary N) is 1. The first-order valence-corrected chi connectivity index (χ1v) is 9.11. The van der Waals surface area contributed by atoms with Crippen LogP contribution >= 0.6 is 11.3 Å². The van der Waals surface area contributed by atoms with Gasteiger partial charge in [-0.2, -0.15) is 0 Å². The summed E-state index contributed by atoms with van der Waals surface area (Å²) in [6, 6.07) is 7.70. The van der Waals surface area contributed by atoms with E-state index in [1.54, 1.807) is 12.0 Å². The van der Waals surface area contributed by atoms with E-state index >= 15 is 0 Å². The largest absolute Gasteiger partial charge is 0.496 e. The normalized spacial score (nSPS) is 15.2. The molecule has 2 N–H and O–H groups in total. The molecule has 1 aromatic heterocycles. The maximum Gasteiger partial charge on any atom is 0.228 e. The van der Waals surface area contributed by atoms with Crippen molar-refractivity contribution < 1.29 is 14.3 Å². The average molecular weight is 359 g/mol. The minimum Gasteiger partial charge on any atom is -0.496 e. The van der Waals surface area contributed by atoms with Gasteiger partial charge in [0.05, 0.1) is 24.8 Å². The highest BCUT2D eigenvalue weighted by Crippen LogP contribution is 2.32. The molecule has 1 aromatic carbocycles. The molecule has 3 rings (SSSR count). The highest BCUT2D eigenvalue weighted by molar-refractivity contribution is 7.13. The van der Waals surface area contributed by atoms with Gasteiger partial charge in [0.2, 0.25) is 11.8 Å². The van der Waals surface area contributed by atoms with E-state index in [1.807, 2.05) is 29.6 Å². The van der Waals surface area contributed by atoms with E-state index in [4.69, 9.17) is 10.5 Å². The van der Waals surface area contributed by atoms with Gasteiger partial charge in [-0.1, -0.05) is 12.1 Å². The Balaban J connectivity index is 1.64. The summed E-state index contributed by atoms with van der Waals surface area (Å²) in [6.45, 7) is 1.16. The van der Waals surface area contributed by atoms with Gasteiger partial charge in [-0.15, -0.1) is 11.3 Å². The fourth-order valence-corrected chi connectivity index (χ4v) is 3.86. The van der Waals surface area contributed by atoms with Gasteiger partial charge in [0.25, 0.3) is 0 Å². The minimum absolute atomic E-state index is 0.0415. The zero-order valence-corrected chi connectivity index (χ0v) is 14.9. The van der Waals surface area contributed by atoms with Gasteiger partial charge in [0, 0.05) is 24.4 Å². The summed E-state index contributed by atoms with van der Waals surface area (Å²) >= 11 is 1.50. The maximum absolute atomic E-state index is 12.5. The van der Waals surface area contributed by atoms with E-state index in [2.05, 4.69) is 4.98 Å². The third-order valence-electron chi connectivity index (χ3n) is 4.47. The van der Waals surface area contributed by atoms with Crippen LogP contribution in [0.15, 0.2) is 29.6 Å². The summed E-state index contributed by atoms with van der Waals surface area (Å²) in [5.41, 5.74) is 7.02. The van der Waals surface area contributed by atoms with Gasteiger partial charge in [-0.3, -0.25) is 9.59 Å². The van der Waals surface area contributed by atoms with Crippen LogP contribution in [-0.4, -0.2) is 41.9 Å². The van der Waals surface area contributed by atoms with Crippen LogP contribution in [0.4, 0.5) is 0 Å². The number of ether oxygens (including phenoxy) is 1. The lowest BCUT2D eigenvalue weighted by atomic mass is 9.96. The number of piperidine rings is 1. The molecule has 1 aliphatic heterocycles. The zero-order chi connectivity index (χ0) is 17.8. The fourth-order valence-electron chi connectivity index (χ4n) is 3.01. The molecular formula is C18H21N3O3S. The van der Waals surface area contributed by atoms with Crippen molar-refractivity contribution >= 4 is 23.2 Å². The Hall–Kier alpha value is -2.41. The van der Waals surface area contributed by atoms with Crippen molar-refractivity contribution in [3.8, 4) is 16.3 Å². The second-order valence-electron chi connectivity index (χ2n) is 6.08. The van der Waals surface area contributed by atoms with Crippen molar-refractivity contribution in [2.24, 2.45) is 11.7 Å². The molecule has 0 aliphatic carbocycles. The lowest BCUT2D eigenvalue weighted by Gasteiger charge is -2.30. The van der Waals surface area contributed by atoms with Crippen LogP contribution in [0.3, 0.4) is 0 Å². The Labute approximate surface area is 150 Å². The number of likely N-dealkylation sites (tertiary alicyclic amines) is 1. The Kier molecular flexibility index (Phi) is 5.33. The van der Waals surface area contributed by atoms with E-state index < -0.39 is 0 Å². The van der Waals surface area contributed by atoms with Crippen molar-refractivity contribution in [2.75, 3.05) is 20.2 Å². The first kappa shape index (κ1) is 17.4. The predicted molar refractivity (Wildman–Crippen MR) is 96.3 cm³/mol. The number of para-hydroxylation sites is 1. The molecule has 2 heterocycles. The SMILES string of the molecule is COc1ccccc1-c1nc(CC(=O)N2CCC(C(N)=O)CC2)cs1. The molecule has 2 aromatic rings. The number of primary amides is 1. The van der Waals surface area contributed by atoms with Crippen LogP contribution in [0.2, 0.25) is 0 Å². The van der Waals surface area contributed by atoms with E-state index in [0.717, 1.165) is 22.0 Å². The zero-order valence-electron chi connectivity index (χ0n) is 14.1. The fraction of sp³-hybridized carbons (Fsp3) is 0.389. The number of aromatic nitrogens is 1. The first-order valence-electron chi connectivity index (χ1n) is 8.23. The molecule has 0 bridgehead atoms. The second kappa shape index (κ2) is 7.65. The molecular weight excluding hydrogens is 338 g/mol. The maximum atomic E-state index is 12.5. The van der Waals surface area contributed by atoms with Crippen molar-refractivity contribution in [3.05, 3.63) is 35.3 Å². The molecule has 0 spiro atoms. The minimum atomic E-state index is -0.270. The van der Waals surface area contributed by atoms with E-state index in [9.17, 15) is 9.59 Å². The Morgan fingerprint density at radius 2 is 2.04 bits per heavy atom. The lowest BCUT2D eigenvalue weighted by molar-refractivity contribution is -0.134. The molecule has 6 nitrogen and oxygen atoms in total.